The third kappa shape index (κ3) is 2.85. The third-order valence-electron chi connectivity index (χ3n) is 4.02. The van der Waals surface area contributed by atoms with Gasteiger partial charge in [-0.1, -0.05) is 31.2 Å². The molecule has 0 aliphatic heterocycles. The summed E-state index contributed by atoms with van der Waals surface area (Å²) in [7, 11) is 0. The summed E-state index contributed by atoms with van der Waals surface area (Å²) in [6, 6.07) is 7.48. The average Bonchev–Trinajstić information content (AvgIpc) is 2.94. The second-order valence-corrected chi connectivity index (χ2v) is 6.76. The van der Waals surface area contributed by atoms with Crippen molar-refractivity contribution in [1.82, 2.24) is 9.97 Å². The van der Waals surface area contributed by atoms with E-state index in [9.17, 15) is 9.90 Å². The van der Waals surface area contributed by atoms with E-state index in [-0.39, 0.29) is 0 Å². The van der Waals surface area contributed by atoms with Gasteiger partial charge >= 0.3 is 5.97 Å². The Morgan fingerprint density at radius 2 is 2.08 bits per heavy atom. The van der Waals surface area contributed by atoms with Crippen LogP contribution in [0, 0.1) is 6.92 Å². The number of carboxylic acid groups (broad SMARTS) is 1. The van der Waals surface area contributed by atoms with Gasteiger partial charge in [0.25, 0.3) is 0 Å². The van der Waals surface area contributed by atoms with Gasteiger partial charge in [-0.2, -0.15) is 0 Å². The highest BCUT2D eigenvalue weighted by atomic mass is 32.1. The minimum Gasteiger partial charge on any atom is -0.480 e. The van der Waals surface area contributed by atoms with Crippen LogP contribution in [0.5, 0.6) is 0 Å². The quantitative estimate of drug-likeness (QED) is 0.730. The summed E-state index contributed by atoms with van der Waals surface area (Å²) in [6.45, 7) is 5.80. The topological polar surface area (TPSA) is 75.1 Å². The fraction of sp³-hybridized carbons (Fsp3) is 0.278. The minimum atomic E-state index is -0.912. The molecule has 6 heteroatoms. The maximum absolute atomic E-state index is 11.2. The number of aromatic nitrogens is 2. The Kier molecular flexibility index (Phi) is 4.49. The summed E-state index contributed by atoms with van der Waals surface area (Å²) >= 11 is 1.64. The molecular formula is C18H19N3O2S. The monoisotopic (exact) mass is 341 g/mol. The molecule has 2 aromatic heterocycles. The first-order valence-electron chi connectivity index (χ1n) is 7.84. The minimum absolute atomic E-state index is 0.573. The van der Waals surface area contributed by atoms with Crippen molar-refractivity contribution in [3.8, 4) is 11.1 Å². The number of rotatable bonds is 5. The lowest BCUT2D eigenvalue weighted by atomic mass is 9.98. The maximum atomic E-state index is 11.2. The van der Waals surface area contributed by atoms with Crippen LogP contribution >= 0.6 is 11.3 Å². The van der Waals surface area contributed by atoms with Crippen molar-refractivity contribution >= 4 is 33.3 Å². The summed E-state index contributed by atoms with van der Waals surface area (Å²) < 4.78 is 0. The predicted octanol–water partition coefficient (Wildman–Crippen LogP) is 4.11. The summed E-state index contributed by atoms with van der Waals surface area (Å²) in [4.78, 5) is 22.0. The van der Waals surface area contributed by atoms with Crippen LogP contribution in [-0.2, 0) is 11.2 Å². The van der Waals surface area contributed by atoms with Crippen LogP contribution in [-0.4, -0.2) is 27.1 Å². The molecule has 1 atom stereocenters. The van der Waals surface area contributed by atoms with Crippen LogP contribution in [0.25, 0.3) is 21.3 Å². The van der Waals surface area contributed by atoms with Crippen molar-refractivity contribution < 1.29 is 9.90 Å². The second kappa shape index (κ2) is 6.57. The molecule has 0 saturated carbocycles. The van der Waals surface area contributed by atoms with Gasteiger partial charge in [0.05, 0.1) is 5.39 Å². The Labute approximate surface area is 144 Å². The number of aryl methyl sites for hydroxylation is 2. The van der Waals surface area contributed by atoms with E-state index in [0.717, 1.165) is 27.8 Å². The van der Waals surface area contributed by atoms with E-state index in [1.54, 1.807) is 18.3 Å². The molecule has 3 aromatic rings. The largest absolute Gasteiger partial charge is 0.480 e. The Bertz CT molecular complexity index is 904. The Morgan fingerprint density at radius 1 is 1.33 bits per heavy atom. The molecule has 0 bridgehead atoms. The van der Waals surface area contributed by atoms with Crippen LogP contribution in [0.15, 0.2) is 30.6 Å². The van der Waals surface area contributed by atoms with Gasteiger partial charge < -0.3 is 10.4 Å². The zero-order valence-corrected chi connectivity index (χ0v) is 14.6. The molecule has 0 radical (unpaired) electrons. The highest BCUT2D eigenvalue weighted by Gasteiger charge is 2.21. The lowest BCUT2D eigenvalue weighted by Gasteiger charge is -2.13. The number of benzene rings is 1. The first-order valence-corrected chi connectivity index (χ1v) is 8.66. The first kappa shape index (κ1) is 16.4. The smallest absolute Gasteiger partial charge is 0.325 e. The molecule has 0 saturated heterocycles. The molecule has 2 N–H and O–H groups in total. The molecule has 0 aliphatic rings. The van der Waals surface area contributed by atoms with Gasteiger partial charge in [0.1, 0.15) is 23.0 Å². The molecule has 0 aliphatic carbocycles. The first-order chi connectivity index (χ1) is 11.5. The fourth-order valence-electron chi connectivity index (χ4n) is 2.74. The molecule has 0 unspecified atom stereocenters. The van der Waals surface area contributed by atoms with E-state index < -0.39 is 12.0 Å². The number of nitrogens with zero attached hydrogens (tertiary/aromatic N) is 2. The van der Waals surface area contributed by atoms with Gasteiger partial charge in [-0.3, -0.25) is 4.79 Å². The summed E-state index contributed by atoms with van der Waals surface area (Å²) in [5.74, 6) is -0.339. The van der Waals surface area contributed by atoms with Crippen LogP contribution in [0.1, 0.15) is 24.3 Å². The maximum Gasteiger partial charge on any atom is 0.325 e. The standard InChI is InChI=1S/C18H19N3O2S/c1-4-13-14(12-8-6-5-7-10(12)2)15-16(21-11(3)18(22)23)19-9-20-17(15)24-13/h5-9,11H,4H2,1-3H3,(H,22,23)(H,19,20,21)/t11-/m1/s1. The van der Waals surface area contributed by atoms with E-state index in [1.165, 1.54) is 16.8 Å². The van der Waals surface area contributed by atoms with E-state index in [0.29, 0.717) is 5.82 Å². The number of fused-ring (bicyclic) bond motifs is 1. The van der Waals surface area contributed by atoms with Crippen molar-refractivity contribution in [1.29, 1.82) is 0 Å². The van der Waals surface area contributed by atoms with Crippen molar-refractivity contribution in [3.63, 3.8) is 0 Å². The van der Waals surface area contributed by atoms with Crippen LogP contribution < -0.4 is 5.32 Å². The summed E-state index contributed by atoms with van der Waals surface area (Å²) in [5, 5.41) is 13.1. The second-order valence-electron chi connectivity index (χ2n) is 5.68. The normalized spacial score (nSPS) is 12.3. The van der Waals surface area contributed by atoms with E-state index in [1.807, 2.05) is 12.1 Å². The number of anilines is 1. The molecular weight excluding hydrogens is 322 g/mol. The molecule has 3 rings (SSSR count). The van der Waals surface area contributed by atoms with Crippen LogP contribution in [0.2, 0.25) is 0 Å². The van der Waals surface area contributed by atoms with Gasteiger partial charge in [-0.15, -0.1) is 11.3 Å². The predicted molar refractivity (Wildman–Crippen MR) is 97.7 cm³/mol. The molecule has 0 fully saturated rings. The van der Waals surface area contributed by atoms with Gasteiger partial charge in [0, 0.05) is 10.4 Å². The highest BCUT2D eigenvalue weighted by Crippen LogP contribution is 2.42. The molecule has 0 amide bonds. The van der Waals surface area contributed by atoms with Gasteiger partial charge in [-0.05, 0) is 31.4 Å². The van der Waals surface area contributed by atoms with Gasteiger partial charge in [0.2, 0.25) is 0 Å². The SMILES string of the molecule is CCc1sc2ncnc(N[C@H](C)C(=O)O)c2c1-c1ccccc1C. The number of hydrogen-bond donors (Lipinski definition) is 2. The lowest BCUT2D eigenvalue weighted by Crippen LogP contribution is -2.26. The Balaban J connectivity index is 2.27. The number of hydrogen-bond acceptors (Lipinski definition) is 5. The zero-order chi connectivity index (χ0) is 17.3. The lowest BCUT2D eigenvalue weighted by molar-refractivity contribution is -0.137. The van der Waals surface area contributed by atoms with Crippen molar-refractivity contribution in [2.24, 2.45) is 0 Å². The van der Waals surface area contributed by atoms with Crippen LogP contribution in [0.3, 0.4) is 0 Å². The highest BCUT2D eigenvalue weighted by molar-refractivity contribution is 7.19. The van der Waals surface area contributed by atoms with Crippen molar-refractivity contribution in [2.75, 3.05) is 5.32 Å². The van der Waals surface area contributed by atoms with E-state index >= 15 is 0 Å². The van der Waals surface area contributed by atoms with E-state index in [2.05, 4.69) is 41.3 Å². The molecule has 5 nitrogen and oxygen atoms in total. The van der Waals surface area contributed by atoms with E-state index in [4.69, 9.17) is 0 Å². The van der Waals surface area contributed by atoms with Crippen LogP contribution in [0.4, 0.5) is 5.82 Å². The fourth-order valence-corrected chi connectivity index (χ4v) is 3.84. The number of thiophene rings is 1. The molecule has 124 valence electrons. The van der Waals surface area contributed by atoms with Crippen molar-refractivity contribution in [3.05, 3.63) is 41.0 Å². The molecule has 24 heavy (non-hydrogen) atoms. The molecule has 2 heterocycles. The summed E-state index contributed by atoms with van der Waals surface area (Å²) in [6.07, 6.45) is 2.37. The number of carbonyl (C=O) groups is 1. The third-order valence-corrected chi connectivity index (χ3v) is 5.26. The molecule has 1 aromatic carbocycles. The Hall–Kier alpha value is -2.47. The number of nitrogens with one attached hydrogen (secondary N) is 1. The summed E-state index contributed by atoms with van der Waals surface area (Å²) in [5.41, 5.74) is 3.42. The average molecular weight is 341 g/mol. The number of carboxylic acids is 1. The molecule has 0 spiro atoms. The van der Waals surface area contributed by atoms with Gasteiger partial charge in [0.15, 0.2) is 0 Å². The number of aliphatic carboxylic acids is 1. The van der Waals surface area contributed by atoms with Gasteiger partial charge in [-0.25, -0.2) is 9.97 Å². The zero-order valence-electron chi connectivity index (χ0n) is 13.8. The van der Waals surface area contributed by atoms with Crippen molar-refractivity contribution in [2.45, 2.75) is 33.2 Å². The Morgan fingerprint density at radius 3 is 2.75 bits per heavy atom.